The molecule has 0 saturated carbocycles. The van der Waals surface area contributed by atoms with Crippen molar-refractivity contribution in [1.82, 2.24) is 29.9 Å². The quantitative estimate of drug-likeness (QED) is 0.107. The summed E-state index contributed by atoms with van der Waals surface area (Å²) < 4.78 is 0. The van der Waals surface area contributed by atoms with Gasteiger partial charge in [-0.1, -0.05) is 12.1 Å². The second kappa shape index (κ2) is 12.1. The lowest BCUT2D eigenvalue weighted by Gasteiger charge is -2.10. The lowest BCUT2D eigenvalue weighted by molar-refractivity contribution is 0.453. The largest absolute Gasteiger partial charge is 0.507 e. The molecule has 2 aromatic carbocycles. The number of nitrogens with zero attached hydrogens (tertiary/aromatic N) is 4. The molecular weight excluding hydrogens is 652 g/mol. The molecule has 250 valence electrons. The number of hydrogen-bond acceptors (Lipinski definition) is 8. The molecule has 2 aliphatic rings. The van der Waals surface area contributed by atoms with Crippen LogP contribution in [-0.4, -0.2) is 50.3 Å². The third-order valence-electron chi connectivity index (χ3n) is 9.23. The number of benzene rings is 2. The van der Waals surface area contributed by atoms with Crippen LogP contribution in [0.4, 0.5) is 0 Å². The molecule has 5 aromatic heterocycles. The molecule has 9 rings (SSSR count). The predicted octanol–water partition coefficient (Wildman–Crippen LogP) is 8.94. The van der Waals surface area contributed by atoms with E-state index in [9.17, 15) is 20.4 Å². The predicted molar refractivity (Wildman–Crippen MR) is 203 cm³/mol. The molecule has 0 fully saturated rings. The van der Waals surface area contributed by atoms with Gasteiger partial charge in [0, 0.05) is 69.1 Å². The zero-order chi connectivity index (χ0) is 35.3. The van der Waals surface area contributed by atoms with Gasteiger partial charge in [0.15, 0.2) is 0 Å². The van der Waals surface area contributed by atoms with Crippen LogP contribution in [0.2, 0.25) is 0 Å². The van der Waals surface area contributed by atoms with Gasteiger partial charge in [0.2, 0.25) is 0 Å². The standard InChI is InChI=1S/C42H28N6O4/c49-33-3-1-4-34(50)41(33)39-29-11-7-25(45-29)37(23-15-19-43-20-16-23)27-9-13-31(47-27)40(42-35(51)5-2-6-36(42)52)32-14-10-28(48-32)38(24-17-21-44-22-18-24)26-8-12-30(39)46-26/h1-22,45,48-52H. The highest BCUT2D eigenvalue weighted by molar-refractivity contribution is 6.01. The summed E-state index contributed by atoms with van der Waals surface area (Å²) in [4.78, 5) is 25.8. The molecule has 0 atom stereocenters. The minimum Gasteiger partial charge on any atom is -0.507 e. The smallest absolute Gasteiger partial charge is 0.127 e. The minimum atomic E-state index is -0.103. The van der Waals surface area contributed by atoms with Crippen molar-refractivity contribution in [2.75, 3.05) is 0 Å². The number of aromatic nitrogens is 6. The highest BCUT2D eigenvalue weighted by atomic mass is 16.3. The van der Waals surface area contributed by atoms with E-state index in [1.54, 1.807) is 36.9 Å². The maximum absolute atomic E-state index is 11.2. The van der Waals surface area contributed by atoms with Crippen molar-refractivity contribution in [3.05, 3.63) is 132 Å². The minimum absolute atomic E-state index is 0.103. The number of hydrogen-bond donors (Lipinski definition) is 6. The normalized spacial score (nSPS) is 12.0. The van der Waals surface area contributed by atoms with Gasteiger partial charge in [0.05, 0.1) is 33.9 Å². The van der Waals surface area contributed by atoms with Crippen LogP contribution in [0.25, 0.3) is 90.9 Å². The highest BCUT2D eigenvalue weighted by Gasteiger charge is 2.22. The highest BCUT2D eigenvalue weighted by Crippen LogP contribution is 2.45. The Balaban J connectivity index is 1.51. The van der Waals surface area contributed by atoms with Crippen LogP contribution in [0.3, 0.4) is 0 Å². The van der Waals surface area contributed by atoms with Gasteiger partial charge in [0.25, 0.3) is 0 Å². The maximum atomic E-state index is 11.2. The maximum Gasteiger partial charge on any atom is 0.127 e. The van der Waals surface area contributed by atoms with Crippen LogP contribution >= 0.6 is 0 Å². The molecule has 52 heavy (non-hydrogen) atoms. The Morgan fingerprint density at radius 2 is 0.654 bits per heavy atom. The molecule has 10 nitrogen and oxygen atoms in total. The fourth-order valence-electron chi connectivity index (χ4n) is 6.94. The van der Waals surface area contributed by atoms with Crippen molar-refractivity contribution in [2.24, 2.45) is 0 Å². The average molecular weight is 681 g/mol. The van der Waals surface area contributed by atoms with E-state index >= 15 is 0 Å². The van der Waals surface area contributed by atoms with E-state index in [1.165, 1.54) is 24.3 Å². The van der Waals surface area contributed by atoms with E-state index in [4.69, 9.17) is 9.97 Å². The molecule has 6 N–H and O–H groups in total. The number of pyridine rings is 2. The van der Waals surface area contributed by atoms with Crippen molar-refractivity contribution in [2.45, 2.75) is 0 Å². The van der Waals surface area contributed by atoms with Gasteiger partial charge >= 0.3 is 0 Å². The molecule has 0 radical (unpaired) electrons. The third kappa shape index (κ3) is 5.05. The van der Waals surface area contributed by atoms with Crippen LogP contribution in [0.1, 0.15) is 22.8 Å². The van der Waals surface area contributed by atoms with Crippen LogP contribution in [-0.2, 0) is 0 Å². The molecular formula is C42H28N6O4. The lowest BCUT2D eigenvalue weighted by Crippen LogP contribution is -1.90. The van der Waals surface area contributed by atoms with Crippen LogP contribution in [0, 0.1) is 0 Å². The average Bonchev–Trinajstić information content (AvgIpc) is 3.99. The summed E-state index contributed by atoms with van der Waals surface area (Å²) in [5.41, 5.74) is 9.49. The lowest BCUT2D eigenvalue weighted by atomic mass is 10.0. The van der Waals surface area contributed by atoms with Gasteiger partial charge in [-0.3, -0.25) is 9.97 Å². The zero-order valence-electron chi connectivity index (χ0n) is 27.3. The summed E-state index contributed by atoms with van der Waals surface area (Å²) >= 11 is 0. The second-order valence-corrected chi connectivity index (χ2v) is 12.3. The molecule has 0 amide bonds. The Kier molecular flexibility index (Phi) is 7.15. The first-order valence-electron chi connectivity index (χ1n) is 16.4. The van der Waals surface area contributed by atoms with Crippen LogP contribution < -0.4 is 0 Å². The topological polar surface area (TPSA) is 164 Å². The number of aromatic hydroxyl groups is 4. The van der Waals surface area contributed by atoms with Crippen molar-refractivity contribution < 1.29 is 20.4 Å². The number of rotatable bonds is 4. The van der Waals surface area contributed by atoms with Crippen molar-refractivity contribution in [3.8, 4) is 67.5 Å². The molecule has 0 aliphatic carbocycles. The molecule has 0 saturated heterocycles. The van der Waals surface area contributed by atoms with Crippen molar-refractivity contribution in [3.63, 3.8) is 0 Å². The van der Waals surface area contributed by atoms with Crippen LogP contribution in [0.15, 0.2) is 110 Å². The molecule has 8 bridgehead atoms. The second-order valence-electron chi connectivity index (χ2n) is 12.3. The number of fused-ring (bicyclic) bond motifs is 8. The molecule has 0 spiro atoms. The Labute approximate surface area is 296 Å². The van der Waals surface area contributed by atoms with E-state index in [2.05, 4.69) is 19.9 Å². The zero-order valence-corrected chi connectivity index (χ0v) is 27.3. The molecule has 2 aliphatic heterocycles. The van der Waals surface area contributed by atoms with Gasteiger partial charge in [-0.25, -0.2) is 9.97 Å². The molecule has 0 unspecified atom stereocenters. The number of nitrogens with one attached hydrogen (secondary N) is 2. The van der Waals surface area contributed by atoms with E-state index in [1.807, 2.05) is 72.8 Å². The number of H-pyrrole nitrogens is 2. The first-order valence-corrected chi connectivity index (χ1v) is 16.4. The summed E-state index contributed by atoms with van der Waals surface area (Å²) in [6, 6.07) is 24.5. The van der Waals surface area contributed by atoms with Crippen molar-refractivity contribution >= 4 is 46.4 Å². The Bertz CT molecular complexity index is 2550. The van der Waals surface area contributed by atoms with E-state index in [0.717, 1.165) is 22.3 Å². The molecule has 7 aromatic rings. The van der Waals surface area contributed by atoms with E-state index in [-0.39, 0.29) is 34.1 Å². The van der Waals surface area contributed by atoms with Gasteiger partial charge in [-0.15, -0.1) is 0 Å². The number of phenols is 4. The summed E-state index contributed by atoms with van der Waals surface area (Å²) in [7, 11) is 0. The molecule has 7 heterocycles. The summed E-state index contributed by atoms with van der Waals surface area (Å²) in [6.07, 6.45) is 14.3. The van der Waals surface area contributed by atoms with E-state index in [0.29, 0.717) is 56.0 Å². The fraction of sp³-hybridized carbons (Fsp3) is 0. The first-order chi connectivity index (χ1) is 25.4. The fourth-order valence-corrected chi connectivity index (χ4v) is 6.94. The monoisotopic (exact) mass is 680 g/mol. The van der Waals surface area contributed by atoms with Gasteiger partial charge in [0.1, 0.15) is 23.0 Å². The Morgan fingerprint density at radius 1 is 0.346 bits per heavy atom. The molecule has 10 heteroatoms. The Morgan fingerprint density at radius 3 is 1.00 bits per heavy atom. The Hall–Kier alpha value is -7.46. The van der Waals surface area contributed by atoms with E-state index < -0.39 is 0 Å². The van der Waals surface area contributed by atoms with Crippen molar-refractivity contribution in [1.29, 1.82) is 0 Å². The number of aromatic amines is 2. The summed E-state index contributed by atoms with van der Waals surface area (Å²) in [5.74, 6) is -0.413. The van der Waals surface area contributed by atoms with Gasteiger partial charge < -0.3 is 30.4 Å². The SMILES string of the molecule is Oc1cccc(O)c1-c1c2nc(c(-c3ccncc3)c3ccc([nH]3)c(-c3c(O)cccc3O)c3nc(c(-c4ccncc4)c4ccc1[nH]4)C=C3)C=C2. The van der Waals surface area contributed by atoms with Crippen LogP contribution in [0.5, 0.6) is 23.0 Å². The third-order valence-corrected chi connectivity index (χ3v) is 9.23. The summed E-state index contributed by atoms with van der Waals surface area (Å²) in [5, 5.41) is 44.7. The van der Waals surface area contributed by atoms with Gasteiger partial charge in [-0.2, -0.15) is 0 Å². The van der Waals surface area contributed by atoms with Gasteiger partial charge in [-0.05, 0) is 108 Å². The first kappa shape index (κ1) is 30.6. The summed E-state index contributed by atoms with van der Waals surface area (Å²) in [6.45, 7) is 0. The number of phenolic OH excluding ortho intramolecular Hbond substituents is 4.